The van der Waals surface area contributed by atoms with Gasteiger partial charge in [0.1, 0.15) is 49.8 Å². The Hall–Kier alpha value is -5.70. The number of rotatable bonds is 21. The van der Waals surface area contributed by atoms with Crippen molar-refractivity contribution in [2.75, 3.05) is 26.5 Å². The fourth-order valence-electron chi connectivity index (χ4n) is 6.73. The summed E-state index contributed by atoms with van der Waals surface area (Å²) in [5, 5.41) is 41.8. The van der Waals surface area contributed by atoms with Gasteiger partial charge in [0.15, 0.2) is 0 Å². The number of carboxylic acid groups (broad SMARTS) is 1. The third-order valence-electron chi connectivity index (χ3n) is 10.1. The van der Waals surface area contributed by atoms with Gasteiger partial charge in [0, 0.05) is 18.9 Å². The zero-order valence-corrected chi connectivity index (χ0v) is 33.6. The summed E-state index contributed by atoms with van der Waals surface area (Å²) < 4.78 is 29.9. The quantitative estimate of drug-likeness (QED) is 0.0577. The Morgan fingerprint density at radius 2 is 1.45 bits per heavy atom. The first-order valence-electron chi connectivity index (χ1n) is 19.4. The van der Waals surface area contributed by atoms with Crippen LogP contribution in [0, 0.1) is 5.92 Å². The first-order chi connectivity index (χ1) is 28.3. The molecule has 1 heterocycles. The molecule has 6 amide bonds. The summed E-state index contributed by atoms with van der Waals surface area (Å²) in [6.07, 6.45) is -6.99. The maximum Gasteiger partial charge on any atom is 0.407 e. The second-order valence-electron chi connectivity index (χ2n) is 15.2. The number of aliphatic hydroxyl groups excluding tert-OH is 2. The lowest BCUT2D eigenvalue weighted by atomic mass is 9.98. The van der Waals surface area contributed by atoms with Gasteiger partial charge < -0.3 is 61.8 Å². The molecule has 1 saturated heterocycles. The Morgan fingerprint density at radius 3 is 2.03 bits per heavy atom. The number of primary amides is 1. The molecule has 0 saturated carbocycles. The van der Waals surface area contributed by atoms with Crippen LogP contribution >= 0.6 is 0 Å². The number of benzene rings is 2. The van der Waals surface area contributed by atoms with E-state index < -0.39 is 109 Å². The normalized spacial score (nSPS) is 20.7. The minimum absolute atomic E-state index is 0.0876. The van der Waals surface area contributed by atoms with Crippen molar-refractivity contribution in [3.05, 3.63) is 59.7 Å². The Balaban J connectivity index is 1.40. The average molecular weight is 845 g/mol. The fraction of sp³-hybridized carbons (Fsp3) is 0.525. The van der Waals surface area contributed by atoms with Crippen LogP contribution in [0.1, 0.15) is 64.0 Å². The molecule has 4 rings (SSSR count). The number of carbonyl (C=O) groups is 7. The van der Waals surface area contributed by atoms with Crippen LogP contribution < -0.4 is 32.3 Å². The molecule has 1 aliphatic carbocycles. The lowest BCUT2D eigenvalue weighted by molar-refractivity contribution is -0.154. The highest BCUT2D eigenvalue weighted by atomic mass is 19.1. The van der Waals surface area contributed by atoms with Gasteiger partial charge in [-0.3, -0.25) is 24.0 Å². The Kier molecular flexibility index (Phi) is 16.5. The lowest BCUT2D eigenvalue weighted by Gasteiger charge is -2.26. The molecular weight excluding hydrogens is 791 g/mol. The van der Waals surface area contributed by atoms with E-state index in [4.69, 9.17) is 25.1 Å². The minimum atomic E-state index is -2.69. The largest absolute Gasteiger partial charge is 0.479 e. The van der Waals surface area contributed by atoms with Crippen molar-refractivity contribution < 1.29 is 67.5 Å². The van der Waals surface area contributed by atoms with Crippen molar-refractivity contribution in [2.45, 2.75) is 101 Å². The van der Waals surface area contributed by atoms with Gasteiger partial charge in [0.25, 0.3) is 0 Å². The molecule has 8 atom stereocenters. The van der Waals surface area contributed by atoms with E-state index in [1.807, 2.05) is 48.5 Å². The molecule has 0 aromatic heterocycles. The molecule has 1 fully saturated rings. The van der Waals surface area contributed by atoms with Gasteiger partial charge in [-0.2, -0.15) is 0 Å². The highest BCUT2D eigenvalue weighted by Gasteiger charge is 2.43. The van der Waals surface area contributed by atoms with Gasteiger partial charge in [-0.05, 0) is 48.4 Å². The first-order valence-corrected chi connectivity index (χ1v) is 19.4. The zero-order valence-electron chi connectivity index (χ0n) is 33.6. The number of alkyl carbamates (subject to hydrolysis) is 1. The second-order valence-corrected chi connectivity index (χ2v) is 15.2. The highest BCUT2D eigenvalue weighted by Crippen LogP contribution is 2.44. The summed E-state index contributed by atoms with van der Waals surface area (Å²) in [4.78, 5) is 88.3. The Labute approximate surface area is 345 Å². The monoisotopic (exact) mass is 844 g/mol. The van der Waals surface area contributed by atoms with Crippen LogP contribution in [0.15, 0.2) is 48.5 Å². The molecule has 0 unspecified atom stereocenters. The number of aliphatic hydroxyl groups is 2. The third-order valence-corrected chi connectivity index (χ3v) is 10.1. The number of hydrogen-bond acceptors (Lipinski definition) is 12. The predicted octanol–water partition coefficient (Wildman–Crippen LogP) is -0.297. The molecule has 0 spiro atoms. The van der Waals surface area contributed by atoms with E-state index in [2.05, 4.69) is 26.6 Å². The topological polar surface area (TPSA) is 294 Å². The second kappa shape index (κ2) is 21.0. The van der Waals surface area contributed by atoms with E-state index in [0.717, 1.165) is 29.2 Å². The molecule has 60 heavy (non-hydrogen) atoms. The smallest absolute Gasteiger partial charge is 0.407 e. The van der Waals surface area contributed by atoms with Crippen molar-refractivity contribution in [2.24, 2.45) is 11.7 Å². The van der Waals surface area contributed by atoms with E-state index >= 15 is 0 Å². The van der Waals surface area contributed by atoms with E-state index in [1.54, 1.807) is 13.8 Å². The van der Waals surface area contributed by atoms with Crippen LogP contribution in [0.3, 0.4) is 0 Å². The van der Waals surface area contributed by atoms with Crippen LogP contribution in [-0.4, -0.2) is 132 Å². The number of nitrogens with two attached hydrogens (primary N) is 1. The number of ether oxygens (including phenoxy) is 3. The van der Waals surface area contributed by atoms with Crippen molar-refractivity contribution in [1.82, 2.24) is 26.6 Å². The highest BCUT2D eigenvalue weighted by molar-refractivity contribution is 5.94. The standard InChI is InChI=1S/C40H53FN6O13/c1-20(2)32(37(54)45-21(3)35(52)44-19-58-18-40(4,41)38(55)56)47-36(53)27(13-14-31(49)43-16-29-34(51)33(50)28(60-29)15-30(42)48)46-39(57)59-17-26-24-11-7-5-9-22(24)23-10-6-8-12-25(23)26/h5-12,20-21,26-29,32-34,50-51H,13-19H2,1-4H3,(H2,42,48)(H,43,49)(H,44,52)(H,45,54)(H,46,57)(H,47,53)(H,55,56)/t21-,27-,28-,29+,32-,33-,34+,40+/m0/s1. The summed E-state index contributed by atoms with van der Waals surface area (Å²) in [6.45, 7) is 3.60. The van der Waals surface area contributed by atoms with Gasteiger partial charge in [-0.25, -0.2) is 14.0 Å². The molecule has 1 aliphatic heterocycles. The maximum absolute atomic E-state index is 13.9. The Morgan fingerprint density at radius 1 is 0.850 bits per heavy atom. The maximum atomic E-state index is 13.9. The van der Waals surface area contributed by atoms with Gasteiger partial charge >= 0.3 is 12.1 Å². The minimum Gasteiger partial charge on any atom is -0.479 e. The molecule has 2 aromatic carbocycles. The van der Waals surface area contributed by atoms with Gasteiger partial charge in [0.2, 0.25) is 35.2 Å². The summed E-state index contributed by atoms with van der Waals surface area (Å²) in [5.41, 5.74) is 6.38. The molecule has 19 nitrogen and oxygen atoms in total. The van der Waals surface area contributed by atoms with Crippen molar-refractivity contribution in [3.8, 4) is 11.1 Å². The number of aliphatic carboxylic acids is 1. The molecule has 2 aromatic rings. The van der Waals surface area contributed by atoms with Crippen LogP contribution in [-0.2, 0) is 43.0 Å². The fourth-order valence-corrected chi connectivity index (χ4v) is 6.73. The third kappa shape index (κ3) is 12.4. The number of amides is 6. The van der Waals surface area contributed by atoms with Crippen LogP contribution in [0.5, 0.6) is 0 Å². The number of alkyl halides is 1. The number of carboxylic acids is 1. The first kappa shape index (κ1) is 47.0. The Bertz CT molecular complexity index is 1850. The summed E-state index contributed by atoms with van der Waals surface area (Å²) in [7, 11) is 0. The van der Waals surface area contributed by atoms with Gasteiger partial charge in [-0.1, -0.05) is 62.4 Å². The molecule has 10 N–H and O–H groups in total. The molecule has 2 aliphatic rings. The van der Waals surface area contributed by atoms with Crippen molar-refractivity contribution in [3.63, 3.8) is 0 Å². The van der Waals surface area contributed by atoms with Crippen LogP contribution in [0.4, 0.5) is 9.18 Å². The van der Waals surface area contributed by atoms with Crippen LogP contribution in [0.2, 0.25) is 0 Å². The molecule has 328 valence electrons. The van der Waals surface area contributed by atoms with Crippen molar-refractivity contribution >= 4 is 41.6 Å². The van der Waals surface area contributed by atoms with E-state index in [9.17, 15) is 48.2 Å². The number of carbonyl (C=O) groups excluding carboxylic acids is 6. The number of hydrogen-bond donors (Lipinski definition) is 9. The van der Waals surface area contributed by atoms with Crippen molar-refractivity contribution in [1.29, 1.82) is 0 Å². The summed E-state index contributed by atoms with van der Waals surface area (Å²) in [6, 6.07) is 11.5. The lowest BCUT2D eigenvalue weighted by Crippen LogP contribution is -2.58. The van der Waals surface area contributed by atoms with Crippen LogP contribution in [0.25, 0.3) is 11.1 Å². The van der Waals surface area contributed by atoms with Gasteiger partial charge in [-0.15, -0.1) is 0 Å². The van der Waals surface area contributed by atoms with E-state index in [1.165, 1.54) is 6.92 Å². The molecular formula is C40H53FN6O13. The van der Waals surface area contributed by atoms with E-state index in [-0.39, 0.29) is 38.3 Å². The average Bonchev–Trinajstić information content (AvgIpc) is 3.66. The molecule has 20 heteroatoms. The molecule has 0 radical (unpaired) electrons. The number of nitrogens with one attached hydrogen (secondary N) is 5. The summed E-state index contributed by atoms with van der Waals surface area (Å²) >= 11 is 0. The van der Waals surface area contributed by atoms with E-state index in [0.29, 0.717) is 0 Å². The molecule has 0 bridgehead atoms. The zero-order chi connectivity index (χ0) is 44.3. The van der Waals surface area contributed by atoms with Gasteiger partial charge in [0.05, 0.1) is 19.1 Å². The number of fused-ring (bicyclic) bond motifs is 3. The SMILES string of the molecule is CC(C)[C@H](NC(=O)[C@H](CCC(=O)NC[C@H]1O[C@@H](CC(N)=O)[C@H](O)[C@@H]1O)NC(=O)OCC1c2ccccc2-c2ccccc21)C(=O)N[C@@H](C)C(=O)NCOC[C@@](C)(F)C(=O)O. The number of halogens is 1. The summed E-state index contributed by atoms with van der Waals surface area (Å²) in [5.74, 6) is -6.41. The predicted molar refractivity (Wildman–Crippen MR) is 209 cm³/mol.